The fourth-order valence-corrected chi connectivity index (χ4v) is 4.18. The molecule has 0 radical (unpaired) electrons. The van der Waals surface area contributed by atoms with Crippen LogP contribution in [0.25, 0.3) is 0 Å². The maximum absolute atomic E-state index is 13.7. The summed E-state index contributed by atoms with van der Waals surface area (Å²) in [6.07, 6.45) is -0.0400. The molecular formula is C21H33N3O3. The number of piperazine rings is 1. The lowest BCUT2D eigenvalue weighted by molar-refractivity contribution is -0.173. The molecule has 0 saturated carbocycles. The van der Waals surface area contributed by atoms with E-state index in [-0.39, 0.29) is 11.4 Å². The minimum atomic E-state index is -1.09. The van der Waals surface area contributed by atoms with Crippen LogP contribution in [-0.2, 0) is 4.79 Å². The number of hydrogen-bond acceptors (Lipinski definition) is 3. The van der Waals surface area contributed by atoms with Crippen molar-refractivity contribution in [3.8, 4) is 0 Å². The normalized spacial score (nSPS) is 19.8. The third kappa shape index (κ3) is 3.55. The SMILES string of the molecule is CCC1(CC)C(=O)N(C(C)(C)C)CC(C)(C)N1N(C(=O)O)c1ccccc1. The van der Waals surface area contributed by atoms with E-state index in [1.54, 1.807) is 12.1 Å². The van der Waals surface area contributed by atoms with Gasteiger partial charge in [-0.15, -0.1) is 0 Å². The van der Waals surface area contributed by atoms with Crippen LogP contribution in [0.5, 0.6) is 0 Å². The van der Waals surface area contributed by atoms with E-state index in [1.807, 2.05) is 76.6 Å². The molecular weight excluding hydrogens is 342 g/mol. The number of carbonyl (C=O) groups excluding carboxylic acids is 1. The van der Waals surface area contributed by atoms with E-state index in [0.29, 0.717) is 25.1 Å². The molecule has 1 aliphatic heterocycles. The van der Waals surface area contributed by atoms with Crippen molar-refractivity contribution in [3.63, 3.8) is 0 Å². The van der Waals surface area contributed by atoms with E-state index in [0.717, 1.165) is 0 Å². The molecule has 6 heteroatoms. The van der Waals surface area contributed by atoms with E-state index < -0.39 is 17.2 Å². The van der Waals surface area contributed by atoms with Crippen molar-refractivity contribution in [2.24, 2.45) is 0 Å². The van der Waals surface area contributed by atoms with Crippen LogP contribution in [0.2, 0.25) is 0 Å². The summed E-state index contributed by atoms with van der Waals surface area (Å²) in [5.41, 5.74) is -1.29. The molecule has 1 aromatic carbocycles. The first kappa shape index (κ1) is 21.2. The number of amides is 2. The van der Waals surface area contributed by atoms with E-state index in [1.165, 1.54) is 5.01 Å². The summed E-state index contributed by atoms with van der Waals surface area (Å²) in [7, 11) is 0. The number of rotatable bonds is 4. The summed E-state index contributed by atoms with van der Waals surface area (Å²) in [6, 6.07) is 9.00. The Balaban J connectivity index is 2.71. The summed E-state index contributed by atoms with van der Waals surface area (Å²) in [6.45, 7) is 14.5. The second-order valence-electron chi connectivity index (χ2n) is 8.85. The van der Waals surface area contributed by atoms with Gasteiger partial charge in [0.2, 0.25) is 5.91 Å². The second-order valence-corrected chi connectivity index (χ2v) is 8.85. The van der Waals surface area contributed by atoms with Crippen LogP contribution >= 0.6 is 0 Å². The summed E-state index contributed by atoms with van der Waals surface area (Å²) < 4.78 is 0. The van der Waals surface area contributed by atoms with Gasteiger partial charge in [0.1, 0.15) is 5.54 Å². The molecule has 0 atom stereocenters. The Hall–Kier alpha value is -2.08. The fraction of sp³-hybridized carbons (Fsp3) is 0.619. The van der Waals surface area contributed by atoms with Gasteiger partial charge >= 0.3 is 6.09 Å². The fourth-order valence-electron chi connectivity index (χ4n) is 4.18. The van der Waals surface area contributed by atoms with Gasteiger partial charge in [0, 0.05) is 12.1 Å². The molecule has 0 aromatic heterocycles. The number of benzene rings is 1. The van der Waals surface area contributed by atoms with Crippen LogP contribution in [0.4, 0.5) is 10.5 Å². The predicted molar refractivity (Wildman–Crippen MR) is 108 cm³/mol. The number of hydrazine groups is 1. The largest absolute Gasteiger partial charge is 0.464 e. The first-order valence-corrected chi connectivity index (χ1v) is 9.63. The molecule has 1 saturated heterocycles. The average molecular weight is 376 g/mol. The molecule has 1 aromatic rings. The lowest BCUT2D eigenvalue weighted by atomic mass is 9.80. The van der Waals surface area contributed by atoms with Crippen LogP contribution in [0.1, 0.15) is 61.3 Å². The van der Waals surface area contributed by atoms with Gasteiger partial charge in [-0.2, -0.15) is 5.01 Å². The van der Waals surface area contributed by atoms with Crippen molar-refractivity contribution >= 4 is 17.7 Å². The number of carbonyl (C=O) groups is 2. The zero-order chi connectivity index (χ0) is 20.6. The van der Waals surface area contributed by atoms with E-state index >= 15 is 0 Å². The second kappa shape index (κ2) is 7.15. The first-order chi connectivity index (χ1) is 12.4. The summed E-state index contributed by atoms with van der Waals surface area (Å²) in [5, 5.41) is 13.2. The molecule has 0 aliphatic carbocycles. The van der Waals surface area contributed by atoms with Gasteiger partial charge in [-0.25, -0.2) is 9.80 Å². The van der Waals surface area contributed by atoms with Crippen molar-refractivity contribution in [3.05, 3.63) is 30.3 Å². The van der Waals surface area contributed by atoms with Gasteiger partial charge in [0.05, 0.1) is 11.2 Å². The molecule has 1 N–H and O–H groups in total. The lowest BCUT2D eigenvalue weighted by Gasteiger charge is -2.61. The van der Waals surface area contributed by atoms with E-state index in [9.17, 15) is 14.7 Å². The summed E-state index contributed by atoms with van der Waals surface area (Å²) in [4.78, 5) is 27.9. The molecule has 0 unspecified atom stereocenters. The smallest absolute Gasteiger partial charge is 0.426 e. The molecule has 0 bridgehead atoms. The van der Waals surface area contributed by atoms with Gasteiger partial charge in [-0.1, -0.05) is 32.0 Å². The zero-order valence-corrected chi connectivity index (χ0v) is 17.6. The number of para-hydroxylation sites is 1. The molecule has 2 rings (SSSR count). The Morgan fingerprint density at radius 3 is 2.07 bits per heavy atom. The van der Waals surface area contributed by atoms with E-state index in [2.05, 4.69) is 0 Å². The highest BCUT2D eigenvalue weighted by Gasteiger charge is 2.59. The number of nitrogens with zero attached hydrogens (tertiary/aromatic N) is 3. The van der Waals surface area contributed by atoms with Gasteiger partial charge < -0.3 is 10.0 Å². The van der Waals surface area contributed by atoms with Gasteiger partial charge in [0.25, 0.3) is 0 Å². The predicted octanol–water partition coefficient (Wildman–Crippen LogP) is 4.37. The highest BCUT2D eigenvalue weighted by Crippen LogP contribution is 2.43. The average Bonchev–Trinajstić information content (AvgIpc) is 2.58. The quantitative estimate of drug-likeness (QED) is 0.849. The molecule has 1 fully saturated rings. The van der Waals surface area contributed by atoms with Gasteiger partial charge in [-0.3, -0.25) is 4.79 Å². The third-order valence-corrected chi connectivity index (χ3v) is 5.53. The van der Waals surface area contributed by atoms with Gasteiger partial charge in [-0.05, 0) is 59.6 Å². The molecule has 6 nitrogen and oxygen atoms in total. The minimum absolute atomic E-state index is 0.0125. The number of carboxylic acid groups (broad SMARTS) is 1. The number of anilines is 1. The Bertz CT molecular complexity index is 690. The van der Waals surface area contributed by atoms with Crippen LogP contribution in [0.3, 0.4) is 0 Å². The standard InChI is InChI=1S/C21H33N3O3/c1-8-21(9-2)17(25)22(19(3,4)5)15-20(6,7)24(21)23(18(26)27)16-13-11-10-12-14-16/h10-14H,8-9,15H2,1-7H3,(H,26,27). The Kier molecular flexibility index (Phi) is 5.62. The van der Waals surface area contributed by atoms with Crippen molar-refractivity contribution in [2.75, 3.05) is 11.6 Å². The third-order valence-electron chi connectivity index (χ3n) is 5.53. The van der Waals surface area contributed by atoms with Crippen molar-refractivity contribution in [1.82, 2.24) is 9.91 Å². The van der Waals surface area contributed by atoms with Crippen LogP contribution in [0.15, 0.2) is 30.3 Å². The minimum Gasteiger partial charge on any atom is -0.464 e. The van der Waals surface area contributed by atoms with Crippen molar-refractivity contribution < 1.29 is 14.7 Å². The van der Waals surface area contributed by atoms with Crippen LogP contribution in [-0.4, -0.2) is 50.2 Å². The molecule has 1 aliphatic rings. The highest BCUT2D eigenvalue weighted by atomic mass is 16.4. The molecule has 2 amide bonds. The summed E-state index contributed by atoms with van der Waals surface area (Å²) >= 11 is 0. The zero-order valence-electron chi connectivity index (χ0n) is 17.6. The highest BCUT2D eigenvalue weighted by molar-refractivity contribution is 5.92. The molecule has 1 heterocycles. The van der Waals surface area contributed by atoms with Crippen LogP contribution < -0.4 is 5.01 Å². The van der Waals surface area contributed by atoms with Crippen molar-refractivity contribution in [1.29, 1.82) is 0 Å². The molecule has 150 valence electrons. The summed E-state index contributed by atoms with van der Waals surface area (Å²) in [5.74, 6) is -0.0125. The monoisotopic (exact) mass is 375 g/mol. The first-order valence-electron chi connectivity index (χ1n) is 9.63. The maximum Gasteiger partial charge on any atom is 0.426 e. The molecule has 27 heavy (non-hydrogen) atoms. The number of hydrogen-bond donors (Lipinski definition) is 1. The Labute approximate surface area is 162 Å². The van der Waals surface area contributed by atoms with Crippen LogP contribution in [0, 0.1) is 0 Å². The Morgan fingerprint density at radius 1 is 1.15 bits per heavy atom. The topological polar surface area (TPSA) is 64.1 Å². The van der Waals surface area contributed by atoms with E-state index in [4.69, 9.17) is 0 Å². The lowest BCUT2D eigenvalue weighted by Crippen LogP contribution is -2.79. The van der Waals surface area contributed by atoms with Gasteiger partial charge in [0.15, 0.2) is 0 Å². The maximum atomic E-state index is 13.7. The van der Waals surface area contributed by atoms with Crippen molar-refractivity contribution in [2.45, 2.75) is 77.9 Å². The Morgan fingerprint density at radius 2 is 1.67 bits per heavy atom. The molecule has 0 spiro atoms.